The summed E-state index contributed by atoms with van der Waals surface area (Å²) in [5.74, 6) is 0. The maximum Gasteiger partial charge on any atom is 0.422 e. The predicted molar refractivity (Wildman–Crippen MR) is 102 cm³/mol. The smallest absolute Gasteiger partial charge is 0.422 e. The Morgan fingerprint density at radius 3 is 2.25 bits per heavy atom. The number of halogens is 3. The van der Waals surface area contributed by atoms with Gasteiger partial charge in [0, 0.05) is 29.4 Å². The Bertz CT molecular complexity index is 1010. The van der Waals surface area contributed by atoms with Gasteiger partial charge >= 0.3 is 12.2 Å². The van der Waals surface area contributed by atoms with Gasteiger partial charge in [-0.1, -0.05) is 30.3 Å². The molecular formula is C17H15B2F3N4O2. The number of aromatic nitrogens is 4. The second-order valence-electron chi connectivity index (χ2n) is 6.55. The lowest BCUT2D eigenvalue weighted by Gasteiger charge is -2.27. The second kappa shape index (κ2) is 7.49. The van der Waals surface area contributed by atoms with E-state index in [4.69, 9.17) is 0 Å². The lowest BCUT2D eigenvalue weighted by atomic mass is 9.58. The van der Waals surface area contributed by atoms with Gasteiger partial charge in [-0.3, -0.25) is 4.79 Å². The summed E-state index contributed by atoms with van der Waals surface area (Å²) < 4.78 is 42.4. The summed E-state index contributed by atoms with van der Waals surface area (Å²) in [5, 5.41) is 3.69. The Balaban J connectivity index is 1.90. The van der Waals surface area contributed by atoms with E-state index >= 15 is 0 Å². The first-order valence-corrected chi connectivity index (χ1v) is 8.35. The Labute approximate surface area is 160 Å². The average Bonchev–Trinajstić information content (AvgIpc) is 2.67. The van der Waals surface area contributed by atoms with Crippen LogP contribution in [-0.4, -0.2) is 48.2 Å². The molecule has 0 unspecified atom stereocenters. The molecule has 0 saturated heterocycles. The fraction of sp³-hybridized carbons (Fsp3) is 0.176. The fourth-order valence-electron chi connectivity index (χ4n) is 2.60. The molecule has 142 valence electrons. The summed E-state index contributed by atoms with van der Waals surface area (Å²) in [7, 11) is 3.73. The van der Waals surface area contributed by atoms with Gasteiger partial charge in [0.05, 0.1) is 5.69 Å². The first-order chi connectivity index (χ1) is 13.2. The summed E-state index contributed by atoms with van der Waals surface area (Å²) >= 11 is 0. The van der Waals surface area contributed by atoms with E-state index < -0.39 is 18.1 Å². The number of alkyl halides is 3. The minimum atomic E-state index is -4.47. The third-order valence-electron chi connectivity index (χ3n) is 4.10. The van der Waals surface area contributed by atoms with Gasteiger partial charge in [0.15, 0.2) is 6.61 Å². The monoisotopic (exact) mass is 386 g/mol. The molecule has 6 nitrogen and oxygen atoms in total. The van der Waals surface area contributed by atoms with Crippen LogP contribution in [0.2, 0.25) is 0 Å². The standard InChI is InChI=1S/C17H15B2F3N4O2/c18-17(19,12-4-2-1-3-5-12)26-14(27)7-6-13(25-26)11-8-23-15(24-9-11)28-10-16(20,21)22/h1-9H,10,18-19H2. The van der Waals surface area contributed by atoms with E-state index in [0.717, 1.165) is 5.56 Å². The van der Waals surface area contributed by atoms with E-state index in [9.17, 15) is 18.0 Å². The lowest BCUT2D eigenvalue weighted by Crippen LogP contribution is -2.44. The van der Waals surface area contributed by atoms with Crippen molar-refractivity contribution < 1.29 is 17.9 Å². The number of hydrogen-bond acceptors (Lipinski definition) is 5. The molecule has 3 rings (SSSR count). The highest BCUT2D eigenvalue weighted by atomic mass is 19.4. The molecule has 3 aromatic rings. The van der Waals surface area contributed by atoms with E-state index in [1.165, 1.54) is 29.2 Å². The van der Waals surface area contributed by atoms with Crippen molar-refractivity contribution in [3.63, 3.8) is 0 Å². The molecule has 0 fully saturated rings. The van der Waals surface area contributed by atoms with Crippen molar-refractivity contribution in [2.45, 2.75) is 11.5 Å². The van der Waals surface area contributed by atoms with Crippen molar-refractivity contribution in [2.24, 2.45) is 0 Å². The van der Waals surface area contributed by atoms with Crippen molar-refractivity contribution in [3.8, 4) is 17.3 Å². The summed E-state index contributed by atoms with van der Waals surface area (Å²) in [6, 6.07) is 11.9. The number of hydrogen-bond donors (Lipinski definition) is 0. The summed E-state index contributed by atoms with van der Waals surface area (Å²) in [4.78, 5) is 19.9. The van der Waals surface area contributed by atoms with Gasteiger partial charge in [-0.25, -0.2) is 14.6 Å². The van der Waals surface area contributed by atoms with Crippen LogP contribution in [0.4, 0.5) is 13.2 Å². The molecule has 2 heterocycles. The van der Waals surface area contributed by atoms with Crippen molar-refractivity contribution >= 4 is 15.7 Å². The molecule has 1 aromatic carbocycles. The van der Waals surface area contributed by atoms with Crippen molar-refractivity contribution in [3.05, 3.63) is 70.8 Å². The molecule has 0 N–H and O–H groups in total. The van der Waals surface area contributed by atoms with Crippen molar-refractivity contribution in [1.82, 2.24) is 19.7 Å². The molecule has 0 bridgehead atoms. The molecule has 11 heteroatoms. The third-order valence-corrected chi connectivity index (χ3v) is 4.10. The van der Waals surface area contributed by atoms with Crippen LogP contribution in [0.5, 0.6) is 6.01 Å². The van der Waals surface area contributed by atoms with E-state index in [0.29, 0.717) is 11.3 Å². The zero-order valence-electron chi connectivity index (χ0n) is 15.1. The minimum absolute atomic E-state index is 0.288. The first kappa shape index (κ1) is 19.7. The maximum absolute atomic E-state index is 12.4. The quantitative estimate of drug-likeness (QED) is 0.600. The van der Waals surface area contributed by atoms with Crippen LogP contribution < -0.4 is 10.3 Å². The fourth-order valence-corrected chi connectivity index (χ4v) is 2.60. The largest absolute Gasteiger partial charge is 0.454 e. The Hall–Kier alpha value is -3.10. The van der Waals surface area contributed by atoms with Gasteiger partial charge in [0.25, 0.3) is 5.56 Å². The van der Waals surface area contributed by atoms with Crippen LogP contribution in [0, 0.1) is 0 Å². The highest BCUT2D eigenvalue weighted by molar-refractivity contribution is 6.39. The zero-order chi connectivity index (χ0) is 20.4. The first-order valence-electron chi connectivity index (χ1n) is 8.35. The SMILES string of the molecule is BC(B)(c1ccccc1)n1nc(-c2cnc(OCC(F)(F)F)nc2)ccc1=O. The van der Waals surface area contributed by atoms with Crippen LogP contribution in [0.3, 0.4) is 0 Å². The maximum atomic E-state index is 12.4. The third kappa shape index (κ3) is 4.41. The lowest BCUT2D eigenvalue weighted by molar-refractivity contribution is -0.154. The highest BCUT2D eigenvalue weighted by Crippen LogP contribution is 2.20. The van der Waals surface area contributed by atoms with Crippen LogP contribution in [0.25, 0.3) is 11.3 Å². The molecule has 0 amide bonds. The van der Waals surface area contributed by atoms with E-state index in [-0.39, 0.29) is 11.6 Å². The van der Waals surface area contributed by atoms with Crippen LogP contribution in [-0.2, 0) is 5.34 Å². The molecule has 0 aliphatic carbocycles. The highest BCUT2D eigenvalue weighted by Gasteiger charge is 2.29. The number of nitrogens with zero attached hydrogens (tertiary/aromatic N) is 4. The second-order valence-corrected chi connectivity index (χ2v) is 6.55. The van der Waals surface area contributed by atoms with E-state index in [2.05, 4.69) is 19.8 Å². The van der Waals surface area contributed by atoms with Gasteiger partial charge in [0.2, 0.25) is 0 Å². The average molecular weight is 386 g/mol. The zero-order valence-corrected chi connectivity index (χ0v) is 15.1. The molecule has 2 aromatic heterocycles. The Morgan fingerprint density at radius 2 is 1.64 bits per heavy atom. The molecule has 0 radical (unpaired) electrons. The molecular weight excluding hydrogens is 371 g/mol. The van der Waals surface area contributed by atoms with Crippen LogP contribution >= 0.6 is 0 Å². The molecule has 0 atom stereocenters. The van der Waals surface area contributed by atoms with Crippen molar-refractivity contribution in [2.75, 3.05) is 6.61 Å². The molecule has 0 saturated carbocycles. The Kier molecular flexibility index (Phi) is 5.26. The topological polar surface area (TPSA) is 69.9 Å². The number of benzene rings is 1. The number of rotatable bonds is 5. The van der Waals surface area contributed by atoms with Gasteiger partial charge < -0.3 is 4.74 Å². The molecule has 0 spiro atoms. The van der Waals surface area contributed by atoms with E-state index in [1.807, 2.05) is 46.0 Å². The summed E-state index contributed by atoms with van der Waals surface area (Å²) in [6.45, 7) is -1.47. The summed E-state index contributed by atoms with van der Waals surface area (Å²) in [5.41, 5.74) is 1.46. The van der Waals surface area contributed by atoms with Gasteiger partial charge in [0.1, 0.15) is 15.7 Å². The predicted octanol–water partition coefficient (Wildman–Crippen LogP) is 0.566. The van der Waals surface area contributed by atoms with Crippen molar-refractivity contribution in [1.29, 1.82) is 0 Å². The van der Waals surface area contributed by atoms with Gasteiger partial charge in [-0.05, 0) is 11.6 Å². The number of ether oxygens (including phenoxy) is 1. The summed E-state index contributed by atoms with van der Waals surface area (Å²) in [6.07, 6.45) is -1.88. The van der Waals surface area contributed by atoms with Crippen LogP contribution in [0.15, 0.2) is 59.7 Å². The van der Waals surface area contributed by atoms with E-state index in [1.54, 1.807) is 0 Å². The minimum Gasteiger partial charge on any atom is -0.454 e. The molecule has 0 aliphatic heterocycles. The molecule has 28 heavy (non-hydrogen) atoms. The molecule has 0 aliphatic rings. The Morgan fingerprint density at radius 1 is 1.00 bits per heavy atom. The normalized spacial score (nSPS) is 12.0. The van der Waals surface area contributed by atoms with Gasteiger partial charge in [-0.15, -0.1) is 0 Å². The van der Waals surface area contributed by atoms with Gasteiger partial charge in [-0.2, -0.15) is 18.3 Å². The van der Waals surface area contributed by atoms with Crippen LogP contribution in [0.1, 0.15) is 5.56 Å².